The van der Waals surface area contributed by atoms with Crippen LogP contribution in [0.15, 0.2) is 0 Å². The fraction of sp³-hybridized carbons (Fsp3) is 0.933. The van der Waals surface area contributed by atoms with Gasteiger partial charge in [0.05, 0.1) is 0 Å². The van der Waals surface area contributed by atoms with Gasteiger partial charge < -0.3 is 5.32 Å². The summed E-state index contributed by atoms with van der Waals surface area (Å²) in [5, 5.41) is 3.13. The minimum absolute atomic E-state index is 0.217. The molecular formula is C15H27NO. The summed E-state index contributed by atoms with van der Waals surface area (Å²) < 4.78 is 0. The maximum atomic E-state index is 12.1. The minimum atomic E-state index is 0.217. The average molecular weight is 237 g/mol. The molecule has 0 aromatic rings. The lowest BCUT2D eigenvalue weighted by Crippen LogP contribution is -2.38. The topological polar surface area (TPSA) is 29.1 Å². The summed E-state index contributed by atoms with van der Waals surface area (Å²) in [7, 11) is 0. The zero-order valence-electron chi connectivity index (χ0n) is 11.5. The Morgan fingerprint density at radius 1 is 1.24 bits per heavy atom. The molecule has 2 aliphatic carbocycles. The number of hydrogen-bond donors (Lipinski definition) is 1. The van der Waals surface area contributed by atoms with Gasteiger partial charge in [-0.2, -0.15) is 0 Å². The van der Waals surface area contributed by atoms with E-state index in [1.165, 1.54) is 32.1 Å². The van der Waals surface area contributed by atoms with Crippen molar-refractivity contribution in [1.29, 1.82) is 0 Å². The maximum Gasteiger partial charge on any atom is 0.223 e. The third-order valence-electron chi connectivity index (χ3n) is 5.15. The highest BCUT2D eigenvalue weighted by Gasteiger charge is 2.40. The number of carbonyl (C=O) groups is 1. The Labute approximate surface area is 106 Å². The Morgan fingerprint density at radius 2 is 1.82 bits per heavy atom. The number of carbonyl (C=O) groups excluding carboxylic acids is 1. The second-order valence-electron chi connectivity index (χ2n) is 6.29. The molecule has 0 aromatic heterocycles. The largest absolute Gasteiger partial charge is 0.353 e. The van der Waals surface area contributed by atoms with Gasteiger partial charge in [0.2, 0.25) is 5.91 Å². The third-order valence-corrected chi connectivity index (χ3v) is 5.15. The summed E-state index contributed by atoms with van der Waals surface area (Å²) in [4.78, 5) is 12.1. The van der Waals surface area contributed by atoms with Gasteiger partial charge in [-0.05, 0) is 43.9 Å². The van der Waals surface area contributed by atoms with Crippen molar-refractivity contribution in [3.05, 3.63) is 0 Å². The molecule has 0 aromatic carbocycles. The molecule has 98 valence electrons. The van der Waals surface area contributed by atoms with Gasteiger partial charge in [0, 0.05) is 12.0 Å². The van der Waals surface area contributed by atoms with E-state index in [1.807, 2.05) is 0 Å². The molecule has 1 amide bonds. The van der Waals surface area contributed by atoms with E-state index >= 15 is 0 Å². The fourth-order valence-electron chi connectivity index (χ4n) is 3.71. The molecule has 2 saturated carbocycles. The standard InChI is InChI=1S/C15H27NO/c1-4-10(2)16-15(17)11(3)14-8-12-6-5-7-13(12)9-14/h10-14H,4-9H2,1-3H3,(H,16,17)/t10?,11-,12-,13+,14?/m0/s1. The van der Waals surface area contributed by atoms with Gasteiger partial charge in [-0.1, -0.05) is 33.1 Å². The predicted octanol–water partition coefficient (Wildman–Crippen LogP) is 3.36. The SMILES string of the molecule is CCC(C)NC(=O)[C@@H](C)C1C[C@H]2CCC[C@H]2C1. The molecule has 1 N–H and O–H groups in total. The first-order valence-electron chi connectivity index (χ1n) is 7.42. The van der Waals surface area contributed by atoms with Crippen LogP contribution in [-0.2, 0) is 4.79 Å². The summed E-state index contributed by atoms with van der Waals surface area (Å²) >= 11 is 0. The molecule has 2 unspecified atom stereocenters. The van der Waals surface area contributed by atoms with Crippen molar-refractivity contribution < 1.29 is 4.79 Å². The monoisotopic (exact) mass is 237 g/mol. The lowest BCUT2D eigenvalue weighted by atomic mass is 9.89. The molecule has 2 fully saturated rings. The van der Waals surface area contributed by atoms with Gasteiger partial charge in [-0.15, -0.1) is 0 Å². The second-order valence-corrected chi connectivity index (χ2v) is 6.29. The van der Waals surface area contributed by atoms with E-state index in [0.717, 1.165) is 18.3 Å². The Hall–Kier alpha value is -0.530. The van der Waals surface area contributed by atoms with Gasteiger partial charge in [-0.25, -0.2) is 0 Å². The maximum absolute atomic E-state index is 12.1. The van der Waals surface area contributed by atoms with E-state index in [1.54, 1.807) is 0 Å². The summed E-state index contributed by atoms with van der Waals surface area (Å²) in [6.45, 7) is 6.34. The first kappa shape index (κ1) is 12.9. The molecule has 17 heavy (non-hydrogen) atoms. The molecule has 2 nitrogen and oxygen atoms in total. The minimum Gasteiger partial charge on any atom is -0.353 e. The van der Waals surface area contributed by atoms with Crippen molar-refractivity contribution in [2.45, 2.75) is 65.3 Å². The van der Waals surface area contributed by atoms with Crippen LogP contribution in [0.3, 0.4) is 0 Å². The summed E-state index contributed by atoms with van der Waals surface area (Å²) in [6.07, 6.45) is 7.89. The van der Waals surface area contributed by atoms with Crippen LogP contribution < -0.4 is 5.32 Å². The number of hydrogen-bond acceptors (Lipinski definition) is 1. The van der Waals surface area contributed by atoms with E-state index in [0.29, 0.717) is 12.0 Å². The van der Waals surface area contributed by atoms with Crippen LogP contribution in [0.2, 0.25) is 0 Å². The second kappa shape index (κ2) is 5.41. The number of amides is 1. The predicted molar refractivity (Wildman–Crippen MR) is 70.6 cm³/mol. The zero-order chi connectivity index (χ0) is 12.4. The molecule has 0 bridgehead atoms. The van der Waals surface area contributed by atoms with Crippen molar-refractivity contribution in [1.82, 2.24) is 5.32 Å². The van der Waals surface area contributed by atoms with Crippen molar-refractivity contribution in [3.8, 4) is 0 Å². The van der Waals surface area contributed by atoms with Crippen LogP contribution in [-0.4, -0.2) is 11.9 Å². The Kier molecular flexibility index (Phi) is 4.11. The molecule has 2 heteroatoms. The average Bonchev–Trinajstić information content (AvgIpc) is 2.87. The molecule has 0 heterocycles. The molecule has 5 atom stereocenters. The lowest BCUT2D eigenvalue weighted by Gasteiger charge is -2.21. The number of rotatable bonds is 4. The van der Waals surface area contributed by atoms with E-state index in [4.69, 9.17) is 0 Å². The smallest absolute Gasteiger partial charge is 0.223 e. The van der Waals surface area contributed by atoms with Crippen molar-refractivity contribution in [2.24, 2.45) is 23.7 Å². The van der Waals surface area contributed by atoms with Crippen molar-refractivity contribution in [3.63, 3.8) is 0 Å². The van der Waals surface area contributed by atoms with Crippen LogP contribution in [0.25, 0.3) is 0 Å². The molecule has 0 saturated heterocycles. The van der Waals surface area contributed by atoms with Crippen LogP contribution >= 0.6 is 0 Å². The molecule has 0 radical (unpaired) electrons. The van der Waals surface area contributed by atoms with Crippen LogP contribution in [0.4, 0.5) is 0 Å². The molecule has 0 aliphatic heterocycles. The van der Waals surface area contributed by atoms with Crippen molar-refractivity contribution in [2.75, 3.05) is 0 Å². The Bertz CT molecular complexity index is 264. The van der Waals surface area contributed by atoms with Crippen LogP contribution in [0, 0.1) is 23.7 Å². The highest BCUT2D eigenvalue weighted by Crippen LogP contribution is 2.48. The van der Waals surface area contributed by atoms with Crippen LogP contribution in [0.5, 0.6) is 0 Å². The zero-order valence-corrected chi connectivity index (χ0v) is 11.5. The van der Waals surface area contributed by atoms with Crippen molar-refractivity contribution >= 4 is 5.91 Å². The molecule has 2 rings (SSSR count). The summed E-state index contributed by atoms with van der Waals surface area (Å²) in [5.41, 5.74) is 0. The fourth-order valence-corrected chi connectivity index (χ4v) is 3.71. The van der Waals surface area contributed by atoms with Gasteiger partial charge >= 0.3 is 0 Å². The van der Waals surface area contributed by atoms with E-state index < -0.39 is 0 Å². The third kappa shape index (κ3) is 2.83. The molecule has 2 aliphatic rings. The normalized spacial score (nSPS) is 35.4. The summed E-state index contributed by atoms with van der Waals surface area (Å²) in [5.74, 6) is 3.03. The van der Waals surface area contributed by atoms with Gasteiger partial charge in [0.1, 0.15) is 0 Å². The Balaban J connectivity index is 1.84. The molecule has 0 spiro atoms. The van der Waals surface area contributed by atoms with Gasteiger partial charge in [-0.3, -0.25) is 4.79 Å². The molecular weight excluding hydrogens is 210 g/mol. The Morgan fingerprint density at radius 3 is 2.35 bits per heavy atom. The van der Waals surface area contributed by atoms with E-state index in [9.17, 15) is 4.79 Å². The first-order chi connectivity index (χ1) is 8.11. The van der Waals surface area contributed by atoms with Crippen LogP contribution in [0.1, 0.15) is 59.3 Å². The van der Waals surface area contributed by atoms with Gasteiger partial charge in [0.15, 0.2) is 0 Å². The highest BCUT2D eigenvalue weighted by atomic mass is 16.1. The highest BCUT2D eigenvalue weighted by molar-refractivity contribution is 5.78. The van der Waals surface area contributed by atoms with Gasteiger partial charge in [0.25, 0.3) is 0 Å². The number of nitrogens with one attached hydrogen (secondary N) is 1. The summed E-state index contributed by atoms with van der Waals surface area (Å²) in [6, 6.07) is 0.325. The van der Waals surface area contributed by atoms with E-state index in [-0.39, 0.29) is 11.8 Å². The quantitative estimate of drug-likeness (QED) is 0.798. The lowest BCUT2D eigenvalue weighted by molar-refractivity contribution is -0.126. The van der Waals surface area contributed by atoms with E-state index in [2.05, 4.69) is 26.1 Å². The first-order valence-corrected chi connectivity index (χ1v) is 7.42. The number of fused-ring (bicyclic) bond motifs is 1.